The summed E-state index contributed by atoms with van der Waals surface area (Å²) in [5.41, 5.74) is 1.61. The zero-order valence-electron chi connectivity index (χ0n) is 15.2. The van der Waals surface area contributed by atoms with Crippen LogP contribution in [0.5, 0.6) is 0 Å². The van der Waals surface area contributed by atoms with Gasteiger partial charge in [-0.15, -0.1) is 0 Å². The molecule has 1 heterocycles. The van der Waals surface area contributed by atoms with Crippen molar-refractivity contribution in [2.75, 3.05) is 26.8 Å². The van der Waals surface area contributed by atoms with E-state index >= 15 is 0 Å². The number of nitrogens with zero attached hydrogens (tertiary/aromatic N) is 2. The smallest absolute Gasteiger partial charge is 0.409 e. The molecule has 5 nitrogen and oxygen atoms in total. The molecular formula is C21H21BrN2O3. The van der Waals surface area contributed by atoms with Crippen molar-refractivity contribution in [2.24, 2.45) is 10.9 Å². The highest BCUT2D eigenvalue weighted by atomic mass is 79.9. The van der Waals surface area contributed by atoms with Crippen LogP contribution in [0.3, 0.4) is 0 Å². The van der Waals surface area contributed by atoms with E-state index in [-0.39, 0.29) is 12.5 Å². The van der Waals surface area contributed by atoms with Gasteiger partial charge in [0.15, 0.2) is 12.4 Å². The Hall–Kier alpha value is -2.52. The van der Waals surface area contributed by atoms with Gasteiger partial charge in [0.25, 0.3) is 0 Å². The standard InChI is InChI=1S/C21H21BrN2O3/c1-24(14-16-6-3-2-4-7-16)21(25)27-15-19-20(23-12-5-13-26-19)17-8-10-18(22)11-9-17/h2-3,8-12,16H,5-6,13-15H2,1H3. The molecule has 2 aliphatic rings. The molecule has 6 heteroatoms. The molecule has 0 radical (unpaired) electrons. The van der Waals surface area contributed by atoms with Crippen molar-refractivity contribution in [2.45, 2.75) is 12.8 Å². The number of carbonyl (C=O) groups is 1. The molecule has 1 amide bonds. The van der Waals surface area contributed by atoms with E-state index in [2.05, 4.69) is 32.8 Å². The minimum absolute atomic E-state index is 0.0438. The minimum atomic E-state index is -0.397. The molecule has 1 unspecified atom stereocenters. The van der Waals surface area contributed by atoms with Crippen LogP contribution in [0.1, 0.15) is 18.4 Å². The lowest BCUT2D eigenvalue weighted by molar-refractivity contribution is 0.0943. The first-order chi connectivity index (χ1) is 13.1. The fourth-order valence-electron chi connectivity index (χ4n) is 2.76. The largest absolute Gasteiger partial charge is 0.492 e. The number of hydrogen-bond acceptors (Lipinski definition) is 4. The third kappa shape index (κ3) is 5.48. The van der Waals surface area contributed by atoms with Crippen LogP contribution >= 0.6 is 15.9 Å². The van der Waals surface area contributed by atoms with Gasteiger partial charge in [-0.05, 0) is 24.6 Å². The molecule has 0 spiro atoms. The number of amides is 1. The van der Waals surface area contributed by atoms with Gasteiger partial charge in [0.2, 0.25) is 0 Å². The third-order valence-electron chi connectivity index (χ3n) is 4.17. The lowest BCUT2D eigenvalue weighted by Gasteiger charge is -2.21. The zero-order chi connectivity index (χ0) is 19.1. The quantitative estimate of drug-likeness (QED) is 0.658. The van der Waals surface area contributed by atoms with Crippen LogP contribution in [-0.2, 0) is 9.47 Å². The van der Waals surface area contributed by atoms with Crippen molar-refractivity contribution < 1.29 is 14.3 Å². The third-order valence-corrected chi connectivity index (χ3v) is 4.70. The highest BCUT2D eigenvalue weighted by Gasteiger charge is 2.19. The zero-order valence-corrected chi connectivity index (χ0v) is 16.7. The van der Waals surface area contributed by atoms with Gasteiger partial charge in [0.1, 0.15) is 5.70 Å². The molecule has 3 rings (SSSR count). The molecule has 0 aromatic heterocycles. The number of rotatable bonds is 5. The first-order valence-electron chi connectivity index (χ1n) is 8.82. The molecule has 0 saturated carbocycles. The molecule has 1 aromatic rings. The summed E-state index contributed by atoms with van der Waals surface area (Å²) in [7, 11) is 1.72. The average molecular weight is 429 g/mol. The predicted molar refractivity (Wildman–Crippen MR) is 109 cm³/mol. The van der Waals surface area contributed by atoms with Gasteiger partial charge < -0.3 is 14.4 Å². The Kier molecular flexibility index (Phi) is 6.72. The van der Waals surface area contributed by atoms with E-state index in [1.165, 1.54) is 0 Å². The molecule has 27 heavy (non-hydrogen) atoms. The van der Waals surface area contributed by atoms with E-state index < -0.39 is 6.09 Å². The summed E-state index contributed by atoms with van der Waals surface area (Å²) in [4.78, 5) is 18.4. The Morgan fingerprint density at radius 3 is 2.96 bits per heavy atom. The lowest BCUT2D eigenvalue weighted by Crippen LogP contribution is -2.32. The van der Waals surface area contributed by atoms with Crippen LogP contribution < -0.4 is 0 Å². The molecular weight excluding hydrogens is 408 g/mol. The van der Waals surface area contributed by atoms with Gasteiger partial charge in [-0.25, -0.2) is 4.79 Å². The van der Waals surface area contributed by atoms with Crippen LogP contribution in [0.15, 0.2) is 51.6 Å². The maximum absolute atomic E-state index is 12.3. The van der Waals surface area contributed by atoms with Crippen LogP contribution in [0, 0.1) is 17.8 Å². The maximum Gasteiger partial charge on any atom is 0.409 e. The number of allylic oxidation sites excluding steroid dienone is 2. The summed E-state index contributed by atoms with van der Waals surface area (Å²) < 4.78 is 12.3. The summed E-state index contributed by atoms with van der Waals surface area (Å²) in [5, 5.41) is 0. The van der Waals surface area contributed by atoms with E-state index in [0.29, 0.717) is 31.0 Å². The first kappa shape index (κ1) is 19.2. The maximum atomic E-state index is 12.3. The second-order valence-corrected chi connectivity index (χ2v) is 7.20. The Morgan fingerprint density at radius 2 is 2.22 bits per heavy atom. The second-order valence-electron chi connectivity index (χ2n) is 6.29. The van der Waals surface area contributed by atoms with Gasteiger partial charge in [-0.1, -0.05) is 46.0 Å². The summed E-state index contributed by atoms with van der Waals surface area (Å²) in [6, 6.07) is 7.79. The van der Waals surface area contributed by atoms with E-state index in [0.717, 1.165) is 16.5 Å². The summed E-state index contributed by atoms with van der Waals surface area (Å²) in [5.74, 6) is 6.76. The lowest BCUT2D eigenvalue weighted by atomic mass is 10.0. The molecule has 1 aliphatic heterocycles. The van der Waals surface area contributed by atoms with Crippen molar-refractivity contribution in [3.05, 3.63) is 52.2 Å². The fraction of sp³-hybridized carbons (Fsp3) is 0.333. The molecule has 140 valence electrons. The Bertz CT molecular complexity index is 831. The van der Waals surface area contributed by atoms with E-state index in [1.54, 1.807) is 11.9 Å². The number of benzene rings is 1. The molecule has 0 fully saturated rings. The van der Waals surface area contributed by atoms with Crippen molar-refractivity contribution in [1.29, 1.82) is 0 Å². The van der Waals surface area contributed by atoms with Gasteiger partial charge in [-0.3, -0.25) is 4.99 Å². The Balaban J connectivity index is 1.65. The number of carbonyl (C=O) groups excluding carboxylic acids is 1. The van der Waals surface area contributed by atoms with E-state index in [1.807, 2.05) is 42.6 Å². The highest BCUT2D eigenvalue weighted by Crippen LogP contribution is 2.25. The summed E-state index contributed by atoms with van der Waals surface area (Å²) in [6.45, 7) is 1.09. The molecule has 1 aliphatic carbocycles. The normalized spacial score (nSPS) is 18.2. The van der Waals surface area contributed by atoms with Gasteiger partial charge in [0.05, 0.1) is 6.61 Å². The van der Waals surface area contributed by atoms with Crippen molar-refractivity contribution in [3.63, 3.8) is 0 Å². The van der Waals surface area contributed by atoms with Crippen LogP contribution in [0.25, 0.3) is 5.70 Å². The van der Waals surface area contributed by atoms with Gasteiger partial charge >= 0.3 is 6.09 Å². The molecule has 1 atom stereocenters. The summed E-state index contributed by atoms with van der Waals surface area (Å²) in [6.07, 6.45) is 6.85. The molecule has 1 aromatic carbocycles. The van der Waals surface area contributed by atoms with Gasteiger partial charge in [-0.2, -0.15) is 0 Å². The summed E-state index contributed by atoms with van der Waals surface area (Å²) >= 11 is 3.43. The topological polar surface area (TPSA) is 51.1 Å². The molecule has 0 bridgehead atoms. The second kappa shape index (κ2) is 9.43. The number of hydrogen-bond donors (Lipinski definition) is 0. The first-order valence-corrected chi connectivity index (χ1v) is 9.61. The van der Waals surface area contributed by atoms with Crippen LogP contribution in [0.4, 0.5) is 4.79 Å². The van der Waals surface area contributed by atoms with Crippen molar-refractivity contribution >= 4 is 33.9 Å². The van der Waals surface area contributed by atoms with Crippen LogP contribution in [0.2, 0.25) is 0 Å². The van der Waals surface area contributed by atoms with Crippen LogP contribution in [-0.4, -0.2) is 44.0 Å². The van der Waals surface area contributed by atoms with E-state index in [4.69, 9.17) is 9.47 Å². The highest BCUT2D eigenvalue weighted by molar-refractivity contribution is 9.10. The van der Waals surface area contributed by atoms with Crippen molar-refractivity contribution in [3.8, 4) is 11.8 Å². The number of aliphatic imine (C=N–C) groups is 1. The average Bonchev–Trinajstić information content (AvgIpc) is 2.93. The Labute approximate surface area is 167 Å². The number of ether oxygens (including phenoxy) is 2. The SMILES string of the molecule is CN(CC1C#CC=CC1)C(=O)OCC1=C(c2ccc(Br)cc2)N=CCCO1. The van der Waals surface area contributed by atoms with Gasteiger partial charge in [0, 0.05) is 42.2 Å². The fourth-order valence-corrected chi connectivity index (χ4v) is 3.03. The van der Waals surface area contributed by atoms with Crippen molar-refractivity contribution in [1.82, 2.24) is 4.90 Å². The monoisotopic (exact) mass is 428 g/mol. The molecule has 0 saturated heterocycles. The molecule has 0 N–H and O–H groups in total. The van der Waals surface area contributed by atoms with E-state index in [9.17, 15) is 4.79 Å². The number of halogens is 1. The predicted octanol–water partition coefficient (Wildman–Crippen LogP) is 4.26. The Morgan fingerprint density at radius 1 is 1.41 bits per heavy atom. The minimum Gasteiger partial charge on any atom is -0.492 e.